The number of aromatic nitrogens is 2. The van der Waals surface area contributed by atoms with Crippen molar-refractivity contribution in [1.82, 2.24) is 9.97 Å². The van der Waals surface area contributed by atoms with E-state index < -0.39 is 11.6 Å². The molecule has 2 N–H and O–H groups in total. The Morgan fingerprint density at radius 3 is 2.74 bits per heavy atom. The van der Waals surface area contributed by atoms with Crippen LogP contribution in [-0.4, -0.2) is 9.97 Å². The Morgan fingerprint density at radius 2 is 1.95 bits per heavy atom. The van der Waals surface area contributed by atoms with Gasteiger partial charge in [0, 0.05) is 23.3 Å². The number of aromatic amines is 1. The normalized spacial score (nSPS) is 10.9. The molecule has 0 saturated heterocycles. The van der Waals surface area contributed by atoms with E-state index in [1.807, 2.05) is 6.07 Å². The topological polar surface area (TPSA) is 40.7 Å². The van der Waals surface area contributed by atoms with Gasteiger partial charge in [-0.15, -0.1) is 0 Å². The van der Waals surface area contributed by atoms with Crippen molar-refractivity contribution in [3.8, 4) is 0 Å². The SMILES string of the molecule is Fc1ccc(Nc2cc3cc[nH]c3nc2Cl)cc1F. The number of benzene rings is 1. The van der Waals surface area contributed by atoms with Gasteiger partial charge in [-0.3, -0.25) is 0 Å². The number of anilines is 2. The molecule has 0 atom stereocenters. The Labute approximate surface area is 112 Å². The van der Waals surface area contributed by atoms with E-state index in [9.17, 15) is 8.78 Å². The molecular formula is C13H8ClF2N3. The summed E-state index contributed by atoms with van der Waals surface area (Å²) in [5.41, 5.74) is 1.60. The van der Waals surface area contributed by atoms with Gasteiger partial charge in [-0.2, -0.15) is 0 Å². The van der Waals surface area contributed by atoms with Crippen LogP contribution < -0.4 is 5.32 Å². The van der Waals surface area contributed by atoms with Crippen LogP contribution in [-0.2, 0) is 0 Å². The van der Waals surface area contributed by atoms with Crippen molar-refractivity contribution in [1.29, 1.82) is 0 Å². The van der Waals surface area contributed by atoms with Crippen LogP contribution in [0, 0.1) is 11.6 Å². The quantitative estimate of drug-likeness (QED) is 0.689. The average molecular weight is 280 g/mol. The average Bonchev–Trinajstić information content (AvgIpc) is 2.81. The van der Waals surface area contributed by atoms with E-state index in [-0.39, 0.29) is 5.15 Å². The minimum Gasteiger partial charge on any atom is -0.353 e. The Balaban J connectivity index is 1.99. The van der Waals surface area contributed by atoms with E-state index >= 15 is 0 Å². The molecule has 0 aliphatic carbocycles. The number of pyridine rings is 1. The monoisotopic (exact) mass is 279 g/mol. The third kappa shape index (κ3) is 2.24. The molecule has 0 spiro atoms. The summed E-state index contributed by atoms with van der Waals surface area (Å²) in [6.07, 6.45) is 1.75. The lowest BCUT2D eigenvalue weighted by Crippen LogP contribution is -1.95. The number of rotatable bonds is 2. The molecule has 2 aromatic heterocycles. The van der Waals surface area contributed by atoms with Crippen molar-refractivity contribution < 1.29 is 8.78 Å². The second kappa shape index (κ2) is 4.51. The fourth-order valence-corrected chi connectivity index (χ4v) is 1.96. The van der Waals surface area contributed by atoms with Gasteiger partial charge in [0.2, 0.25) is 0 Å². The number of hydrogen-bond donors (Lipinski definition) is 2. The molecule has 3 aromatic rings. The first-order valence-electron chi connectivity index (χ1n) is 5.49. The Hall–Kier alpha value is -2.14. The van der Waals surface area contributed by atoms with Gasteiger partial charge in [0.05, 0.1) is 5.69 Å². The summed E-state index contributed by atoms with van der Waals surface area (Å²) in [6.45, 7) is 0. The van der Waals surface area contributed by atoms with Gasteiger partial charge in [-0.25, -0.2) is 13.8 Å². The van der Waals surface area contributed by atoms with Gasteiger partial charge in [0.1, 0.15) is 5.65 Å². The highest BCUT2D eigenvalue weighted by molar-refractivity contribution is 6.32. The molecule has 1 aromatic carbocycles. The summed E-state index contributed by atoms with van der Waals surface area (Å²) < 4.78 is 26.0. The van der Waals surface area contributed by atoms with Crippen LogP contribution in [0.2, 0.25) is 5.15 Å². The second-order valence-electron chi connectivity index (χ2n) is 4.00. The molecule has 6 heteroatoms. The molecule has 0 radical (unpaired) electrons. The summed E-state index contributed by atoms with van der Waals surface area (Å²) in [7, 11) is 0. The highest BCUT2D eigenvalue weighted by Crippen LogP contribution is 2.27. The molecule has 96 valence electrons. The molecule has 2 heterocycles. The Bertz CT molecular complexity index is 755. The fourth-order valence-electron chi connectivity index (χ4n) is 1.78. The predicted octanol–water partition coefficient (Wildman–Crippen LogP) is 4.24. The van der Waals surface area contributed by atoms with E-state index in [1.54, 1.807) is 12.3 Å². The number of hydrogen-bond acceptors (Lipinski definition) is 2. The van der Waals surface area contributed by atoms with Gasteiger partial charge in [-0.05, 0) is 24.3 Å². The van der Waals surface area contributed by atoms with Crippen molar-refractivity contribution in [3.63, 3.8) is 0 Å². The van der Waals surface area contributed by atoms with Crippen molar-refractivity contribution in [3.05, 3.63) is 53.3 Å². The number of fused-ring (bicyclic) bond motifs is 1. The van der Waals surface area contributed by atoms with Crippen LogP contribution in [0.4, 0.5) is 20.2 Å². The molecule has 0 fully saturated rings. The first kappa shape index (κ1) is 11.9. The largest absolute Gasteiger partial charge is 0.353 e. The van der Waals surface area contributed by atoms with Crippen molar-refractivity contribution in [2.24, 2.45) is 0 Å². The van der Waals surface area contributed by atoms with Gasteiger partial charge in [-0.1, -0.05) is 11.6 Å². The van der Waals surface area contributed by atoms with Crippen molar-refractivity contribution in [2.45, 2.75) is 0 Å². The first-order valence-corrected chi connectivity index (χ1v) is 5.87. The summed E-state index contributed by atoms with van der Waals surface area (Å²) in [5.74, 6) is -1.81. The van der Waals surface area contributed by atoms with Crippen LogP contribution in [0.5, 0.6) is 0 Å². The van der Waals surface area contributed by atoms with E-state index in [0.29, 0.717) is 17.0 Å². The number of H-pyrrole nitrogens is 1. The van der Waals surface area contributed by atoms with Gasteiger partial charge in [0.25, 0.3) is 0 Å². The fraction of sp³-hybridized carbons (Fsp3) is 0. The maximum atomic E-state index is 13.1. The highest BCUT2D eigenvalue weighted by atomic mass is 35.5. The van der Waals surface area contributed by atoms with Crippen molar-refractivity contribution >= 4 is 34.0 Å². The molecule has 0 bridgehead atoms. The first-order chi connectivity index (χ1) is 9.13. The molecule has 0 unspecified atom stereocenters. The molecule has 19 heavy (non-hydrogen) atoms. The van der Waals surface area contributed by atoms with Crippen LogP contribution in [0.1, 0.15) is 0 Å². The van der Waals surface area contributed by atoms with Crippen LogP contribution >= 0.6 is 11.6 Å². The lowest BCUT2D eigenvalue weighted by atomic mass is 10.2. The lowest BCUT2D eigenvalue weighted by molar-refractivity contribution is 0.509. The number of nitrogens with zero attached hydrogens (tertiary/aromatic N) is 1. The van der Waals surface area contributed by atoms with Crippen molar-refractivity contribution in [2.75, 3.05) is 5.32 Å². The smallest absolute Gasteiger partial charge is 0.160 e. The van der Waals surface area contributed by atoms with E-state index in [1.165, 1.54) is 6.07 Å². The predicted molar refractivity (Wildman–Crippen MR) is 70.7 cm³/mol. The van der Waals surface area contributed by atoms with Gasteiger partial charge < -0.3 is 10.3 Å². The third-order valence-electron chi connectivity index (χ3n) is 2.69. The summed E-state index contributed by atoms with van der Waals surface area (Å²) in [4.78, 5) is 7.09. The van der Waals surface area contributed by atoms with E-state index in [2.05, 4.69) is 15.3 Å². The van der Waals surface area contributed by atoms with Crippen LogP contribution in [0.3, 0.4) is 0 Å². The summed E-state index contributed by atoms with van der Waals surface area (Å²) in [6, 6.07) is 7.16. The van der Waals surface area contributed by atoms with Crippen LogP contribution in [0.25, 0.3) is 11.0 Å². The number of nitrogens with one attached hydrogen (secondary N) is 2. The maximum Gasteiger partial charge on any atom is 0.160 e. The van der Waals surface area contributed by atoms with E-state index in [0.717, 1.165) is 17.5 Å². The molecule has 3 nitrogen and oxygen atoms in total. The molecule has 0 aliphatic heterocycles. The van der Waals surface area contributed by atoms with Gasteiger partial charge >= 0.3 is 0 Å². The zero-order chi connectivity index (χ0) is 13.4. The molecule has 0 aliphatic rings. The Morgan fingerprint density at radius 1 is 1.11 bits per heavy atom. The second-order valence-corrected chi connectivity index (χ2v) is 4.35. The molecule has 3 rings (SSSR count). The minimum absolute atomic E-state index is 0.250. The molecule has 0 amide bonds. The molecular weight excluding hydrogens is 272 g/mol. The maximum absolute atomic E-state index is 13.1. The zero-order valence-corrected chi connectivity index (χ0v) is 10.3. The van der Waals surface area contributed by atoms with E-state index in [4.69, 9.17) is 11.6 Å². The lowest BCUT2D eigenvalue weighted by Gasteiger charge is -2.08. The molecule has 0 saturated carbocycles. The van der Waals surface area contributed by atoms with Gasteiger partial charge in [0.15, 0.2) is 16.8 Å². The summed E-state index contributed by atoms with van der Waals surface area (Å²) >= 11 is 6.02. The van der Waals surface area contributed by atoms with Crippen LogP contribution in [0.15, 0.2) is 36.5 Å². The zero-order valence-electron chi connectivity index (χ0n) is 9.55. The summed E-state index contributed by atoms with van der Waals surface area (Å²) in [5, 5.41) is 4.03. The standard InChI is InChI=1S/C13H8ClF2N3/c14-12-11(5-7-3-4-17-13(7)19-12)18-8-1-2-9(15)10(16)6-8/h1-6,18H,(H,17,19). The number of halogens is 3. The third-order valence-corrected chi connectivity index (χ3v) is 2.98. The highest BCUT2D eigenvalue weighted by Gasteiger charge is 2.08. The minimum atomic E-state index is -0.920. The Kier molecular flexibility index (Phi) is 2.83.